The maximum absolute atomic E-state index is 12.0. The number of rotatable bonds is 13. The molecule has 1 aliphatic rings. The summed E-state index contributed by atoms with van der Waals surface area (Å²) in [4.78, 5) is 12.0. The van der Waals surface area contributed by atoms with Gasteiger partial charge in [-0.15, -0.1) is 0 Å². The molecule has 0 saturated carbocycles. The Labute approximate surface area is 219 Å². The third-order valence-corrected chi connectivity index (χ3v) is 6.42. The molecule has 2 aromatic carbocycles. The van der Waals surface area contributed by atoms with Crippen LogP contribution in [0.4, 0.5) is 0 Å². The van der Waals surface area contributed by atoms with Crippen molar-refractivity contribution in [3.8, 4) is 23.0 Å². The monoisotopic (exact) mass is 516 g/mol. The van der Waals surface area contributed by atoms with Crippen molar-refractivity contribution in [2.24, 2.45) is 0 Å². The number of hydrogen-bond acceptors (Lipinski definition) is 6. The molecule has 0 amide bonds. The SMILES string of the molecule is C=C(Cl)c1ccc(OCCCOc2ccc3c(c2CCC)OC(C(=O)OC)CC3)c(CCC)c1OC. The Balaban J connectivity index is 1.65. The van der Waals surface area contributed by atoms with Crippen LogP contribution in [0, 0.1) is 0 Å². The Hall–Kier alpha value is -2.86. The third kappa shape index (κ3) is 6.47. The van der Waals surface area contributed by atoms with Gasteiger partial charge in [-0.3, -0.25) is 0 Å². The van der Waals surface area contributed by atoms with Gasteiger partial charge in [0.25, 0.3) is 0 Å². The highest BCUT2D eigenvalue weighted by Gasteiger charge is 2.29. The maximum atomic E-state index is 12.0. The number of methoxy groups -OCH3 is 2. The van der Waals surface area contributed by atoms with E-state index >= 15 is 0 Å². The van der Waals surface area contributed by atoms with Crippen LogP contribution in [-0.2, 0) is 28.8 Å². The van der Waals surface area contributed by atoms with Crippen molar-refractivity contribution < 1.29 is 28.5 Å². The van der Waals surface area contributed by atoms with E-state index in [1.165, 1.54) is 7.11 Å². The number of aryl methyl sites for hydroxylation is 1. The minimum atomic E-state index is -0.571. The van der Waals surface area contributed by atoms with Gasteiger partial charge in [-0.25, -0.2) is 4.79 Å². The summed E-state index contributed by atoms with van der Waals surface area (Å²) in [6.07, 6.45) is 5.04. The fourth-order valence-electron chi connectivity index (χ4n) is 4.51. The molecule has 0 aliphatic carbocycles. The molecule has 0 saturated heterocycles. The van der Waals surface area contributed by atoms with Crippen LogP contribution in [0.25, 0.3) is 5.03 Å². The van der Waals surface area contributed by atoms with Gasteiger partial charge in [0, 0.05) is 28.1 Å². The highest BCUT2D eigenvalue weighted by atomic mass is 35.5. The number of esters is 1. The van der Waals surface area contributed by atoms with E-state index in [0.29, 0.717) is 36.8 Å². The second kappa shape index (κ2) is 13.4. The first-order chi connectivity index (χ1) is 17.4. The molecule has 7 heteroatoms. The average molecular weight is 517 g/mol. The zero-order chi connectivity index (χ0) is 26.1. The average Bonchev–Trinajstić information content (AvgIpc) is 2.89. The summed E-state index contributed by atoms with van der Waals surface area (Å²) in [5, 5.41) is 0.443. The summed E-state index contributed by atoms with van der Waals surface area (Å²) < 4.78 is 28.9. The fourth-order valence-corrected chi connectivity index (χ4v) is 4.66. The van der Waals surface area contributed by atoms with Gasteiger partial charge in [-0.05, 0) is 49.4 Å². The van der Waals surface area contributed by atoms with E-state index in [4.69, 9.17) is 35.3 Å². The van der Waals surface area contributed by atoms with Crippen LogP contribution in [0.2, 0.25) is 0 Å². The summed E-state index contributed by atoms with van der Waals surface area (Å²) in [5.74, 6) is 2.73. The summed E-state index contributed by atoms with van der Waals surface area (Å²) in [6.45, 7) is 9.06. The zero-order valence-corrected chi connectivity index (χ0v) is 22.5. The predicted molar refractivity (Wildman–Crippen MR) is 143 cm³/mol. The molecule has 2 aromatic rings. The number of hydrogen-bond donors (Lipinski definition) is 0. The highest BCUT2D eigenvalue weighted by molar-refractivity contribution is 6.48. The van der Waals surface area contributed by atoms with Gasteiger partial charge in [-0.1, -0.05) is 50.9 Å². The van der Waals surface area contributed by atoms with E-state index in [9.17, 15) is 4.79 Å². The smallest absolute Gasteiger partial charge is 0.347 e. The molecule has 0 bridgehead atoms. The molecule has 0 radical (unpaired) electrons. The van der Waals surface area contributed by atoms with Crippen molar-refractivity contribution in [1.82, 2.24) is 0 Å². The number of carbonyl (C=O) groups is 1. The Bertz CT molecular complexity index is 1060. The Morgan fingerprint density at radius 3 is 2.28 bits per heavy atom. The lowest BCUT2D eigenvalue weighted by atomic mass is 9.96. The van der Waals surface area contributed by atoms with Crippen LogP contribution in [0.5, 0.6) is 23.0 Å². The second-order valence-electron chi connectivity index (χ2n) is 8.78. The second-order valence-corrected chi connectivity index (χ2v) is 9.23. The van der Waals surface area contributed by atoms with Crippen molar-refractivity contribution in [2.75, 3.05) is 27.4 Å². The number of fused-ring (bicyclic) bond motifs is 1. The molecule has 0 fully saturated rings. The van der Waals surface area contributed by atoms with Gasteiger partial charge in [0.1, 0.15) is 23.0 Å². The molecular formula is C29H37ClO6. The van der Waals surface area contributed by atoms with Crippen LogP contribution >= 0.6 is 11.6 Å². The van der Waals surface area contributed by atoms with Crippen molar-refractivity contribution in [1.29, 1.82) is 0 Å². The molecule has 1 unspecified atom stereocenters. The molecule has 0 spiro atoms. The topological polar surface area (TPSA) is 63.2 Å². The third-order valence-electron chi connectivity index (χ3n) is 6.22. The lowest BCUT2D eigenvalue weighted by Gasteiger charge is -2.27. The van der Waals surface area contributed by atoms with E-state index in [1.54, 1.807) is 7.11 Å². The Morgan fingerprint density at radius 2 is 1.67 bits per heavy atom. The first-order valence-electron chi connectivity index (χ1n) is 12.6. The van der Waals surface area contributed by atoms with Gasteiger partial charge in [-0.2, -0.15) is 0 Å². The summed E-state index contributed by atoms with van der Waals surface area (Å²) in [7, 11) is 3.03. The molecule has 196 valence electrons. The molecule has 36 heavy (non-hydrogen) atoms. The zero-order valence-electron chi connectivity index (χ0n) is 21.8. The van der Waals surface area contributed by atoms with Gasteiger partial charge < -0.3 is 23.7 Å². The summed E-state index contributed by atoms with van der Waals surface area (Å²) in [5.41, 5.74) is 3.90. The predicted octanol–water partition coefficient (Wildman–Crippen LogP) is 6.52. The van der Waals surface area contributed by atoms with E-state index < -0.39 is 6.10 Å². The van der Waals surface area contributed by atoms with E-state index in [1.807, 2.05) is 24.3 Å². The number of halogens is 1. The highest BCUT2D eigenvalue weighted by Crippen LogP contribution is 2.39. The minimum Gasteiger partial charge on any atom is -0.496 e. The largest absolute Gasteiger partial charge is 0.496 e. The molecule has 6 nitrogen and oxygen atoms in total. The van der Waals surface area contributed by atoms with Crippen LogP contribution < -0.4 is 18.9 Å². The number of ether oxygens (including phenoxy) is 5. The van der Waals surface area contributed by atoms with Gasteiger partial charge in [0.2, 0.25) is 0 Å². The van der Waals surface area contributed by atoms with E-state index in [0.717, 1.165) is 71.6 Å². The lowest BCUT2D eigenvalue weighted by Crippen LogP contribution is -2.32. The molecule has 1 atom stereocenters. The first kappa shape index (κ1) is 27.7. The van der Waals surface area contributed by atoms with Gasteiger partial charge in [0.15, 0.2) is 6.10 Å². The van der Waals surface area contributed by atoms with Crippen LogP contribution in [0.15, 0.2) is 30.8 Å². The van der Waals surface area contributed by atoms with Crippen molar-refractivity contribution in [3.05, 3.63) is 53.1 Å². The van der Waals surface area contributed by atoms with Crippen LogP contribution in [-0.4, -0.2) is 39.5 Å². The van der Waals surface area contributed by atoms with Crippen molar-refractivity contribution in [2.45, 2.75) is 64.9 Å². The summed E-state index contributed by atoms with van der Waals surface area (Å²) in [6, 6.07) is 7.85. The quantitative estimate of drug-likeness (QED) is 0.223. The maximum Gasteiger partial charge on any atom is 0.347 e. The first-order valence-corrected chi connectivity index (χ1v) is 13.0. The Morgan fingerprint density at radius 1 is 1.03 bits per heavy atom. The normalized spacial score (nSPS) is 14.4. The Kier molecular flexibility index (Phi) is 10.4. The van der Waals surface area contributed by atoms with E-state index in [2.05, 4.69) is 20.4 Å². The molecule has 1 heterocycles. The molecule has 0 N–H and O–H groups in total. The van der Waals surface area contributed by atoms with E-state index in [-0.39, 0.29) is 5.97 Å². The van der Waals surface area contributed by atoms with Gasteiger partial charge in [0.05, 0.1) is 27.4 Å². The standard InChI is InChI=1S/C29H37ClO6/c1-6-9-22-24(14-11-20-12-15-26(29(31)33-5)36-27(20)22)34-17-8-18-35-25-16-13-21(19(3)30)28(32-4)23(25)10-7-2/h11,13-14,16,26H,3,6-10,12,15,17-18H2,1-2,4-5H3. The minimum absolute atomic E-state index is 0.339. The van der Waals surface area contributed by atoms with Gasteiger partial charge >= 0.3 is 5.97 Å². The number of carbonyl (C=O) groups excluding carboxylic acids is 1. The lowest BCUT2D eigenvalue weighted by molar-refractivity contribution is -0.149. The fraction of sp³-hybridized carbons (Fsp3) is 0.483. The van der Waals surface area contributed by atoms with Crippen LogP contribution in [0.3, 0.4) is 0 Å². The van der Waals surface area contributed by atoms with Crippen molar-refractivity contribution in [3.63, 3.8) is 0 Å². The number of benzene rings is 2. The molecular weight excluding hydrogens is 480 g/mol. The molecule has 3 rings (SSSR count). The molecule has 1 aliphatic heterocycles. The van der Waals surface area contributed by atoms with Crippen LogP contribution in [0.1, 0.15) is 61.8 Å². The molecule has 0 aromatic heterocycles. The van der Waals surface area contributed by atoms with Crippen molar-refractivity contribution >= 4 is 22.6 Å². The summed E-state index contributed by atoms with van der Waals surface area (Å²) >= 11 is 6.16.